The largest absolute Gasteiger partial charge is 0.490 e. The van der Waals surface area contributed by atoms with Crippen molar-refractivity contribution >= 4 is 0 Å². The standard InChI is InChI=1S/C14H20O3/c1-2-12-11(5-3-8-15)6-7-13-14(12)17-10-4-9-16-13/h6-7,15H,2-5,8-10H2,1H3. The number of ether oxygens (including phenoxy) is 2. The van der Waals surface area contributed by atoms with Crippen LogP contribution in [-0.4, -0.2) is 24.9 Å². The van der Waals surface area contributed by atoms with Gasteiger partial charge in [-0.1, -0.05) is 13.0 Å². The normalized spacial score (nSPS) is 14.5. The fourth-order valence-electron chi connectivity index (χ4n) is 2.23. The molecule has 0 fully saturated rings. The van der Waals surface area contributed by atoms with Gasteiger partial charge in [-0.05, 0) is 30.9 Å². The minimum Gasteiger partial charge on any atom is -0.490 e. The molecule has 17 heavy (non-hydrogen) atoms. The maximum Gasteiger partial charge on any atom is 0.164 e. The van der Waals surface area contributed by atoms with E-state index in [-0.39, 0.29) is 6.61 Å². The maximum atomic E-state index is 8.92. The minimum absolute atomic E-state index is 0.234. The summed E-state index contributed by atoms with van der Waals surface area (Å²) in [7, 11) is 0. The van der Waals surface area contributed by atoms with Crippen molar-refractivity contribution in [1.29, 1.82) is 0 Å². The minimum atomic E-state index is 0.234. The van der Waals surface area contributed by atoms with Crippen molar-refractivity contribution < 1.29 is 14.6 Å². The van der Waals surface area contributed by atoms with Gasteiger partial charge in [0.2, 0.25) is 0 Å². The van der Waals surface area contributed by atoms with E-state index in [1.165, 1.54) is 11.1 Å². The molecule has 0 aromatic heterocycles. The van der Waals surface area contributed by atoms with Gasteiger partial charge < -0.3 is 14.6 Å². The zero-order valence-electron chi connectivity index (χ0n) is 10.4. The van der Waals surface area contributed by atoms with Gasteiger partial charge in [-0.2, -0.15) is 0 Å². The van der Waals surface area contributed by atoms with Gasteiger partial charge in [-0.15, -0.1) is 0 Å². The summed E-state index contributed by atoms with van der Waals surface area (Å²) in [6.07, 6.45) is 3.57. The highest BCUT2D eigenvalue weighted by Crippen LogP contribution is 2.36. The lowest BCUT2D eigenvalue weighted by Crippen LogP contribution is -2.02. The molecule has 0 radical (unpaired) electrons. The molecule has 3 heteroatoms. The van der Waals surface area contributed by atoms with Crippen molar-refractivity contribution in [2.75, 3.05) is 19.8 Å². The highest BCUT2D eigenvalue weighted by Gasteiger charge is 2.16. The molecule has 0 saturated carbocycles. The summed E-state index contributed by atoms with van der Waals surface area (Å²) < 4.78 is 11.5. The average molecular weight is 236 g/mol. The zero-order chi connectivity index (χ0) is 12.1. The average Bonchev–Trinajstić information content (AvgIpc) is 2.60. The summed E-state index contributed by atoms with van der Waals surface area (Å²) in [5.41, 5.74) is 2.50. The van der Waals surface area contributed by atoms with Crippen LogP contribution in [0.4, 0.5) is 0 Å². The molecule has 2 rings (SSSR count). The van der Waals surface area contributed by atoms with E-state index in [9.17, 15) is 0 Å². The fraction of sp³-hybridized carbons (Fsp3) is 0.571. The second-order valence-electron chi connectivity index (χ2n) is 4.26. The molecule has 0 saturated heterocycles. The van der Waals surface area contributed by atoms with E-state index >= 15 is 0 Å². The highest BCUT2D eigenvalue weighted by molar-refractivity contribution is 5.51. The number of benzene rings is 1. The van der Waals surface area contributed by atoms with Crippen LogP contribution in [0.1, 0.15) is 30.9 Å². The third kappa shape index (κ3) is 2.72. The molecule has 94 valence electrons. The molecule has 1 aliphatic rings. The van der Waals surface area contributed by atoms with Gasteiger partial charge in [-0.3, -0.25) is 0 Å². The molecule has 1 aromatic carbocycles. The number of rotatable bonds is 4. The molecule has 0 aliphatic carbocycles. The Balaban J connectivity index is 2.32. The smallest absolute Gasteiger partial charge is 0.164 e. The van der Waals surface area contributed by atoms with E-state index in [0.29, 0.717) is 0 Å². The molecule has 1 aliphatic heterocycles. The second kappa shape index (κ2) is 5.92. The van der Waals surface area contributed by atoms with E-state index in [1.54, 1.807) is 0 Å². The van der Waals surface area contributed by atoms with Crippen molar-refractivity contribution in [3.63, 3.8) is 0 Å². The van der Waals surface area contributed by atoms with Crippen LogP contribution < -0.4 is 9.47 Å². The Kier molecular flexibility index (Phi) is 4.26. The predicted octanol–water partition coefficient (Wildman–Crippen LogP) is 2.34. The molecule has 3 nitrogen and oxygen atoms in total. The van der Waals surface area contributed by atoms with Crippen LogP contribution in [-0.2, 0) is 12.8 Å². The number of aliphatic hydroxyl groups excluding tert-OH is 1. The first-order chi connectivity index (χ1) is 8.36. The quantitative estimate of drug-likeness (QED) is 0.872. The van der Waals surface area contributed by atoms with E-state index in [1.807, 2.05) is 6.07 Å². The molecular formula is C14H20O3. The second-order valence-corrected chi connectivity index (χ2v) is 4.26. The predicted molar refractivity (Wildman–Crippen MR) is 66.8 cm³/mol. The summed E-state index contributed by atoms with van der Waals surface area (Å²) in [6.45, 7) is 3.82. The lowest BCUT2D eigenvalue weighted by Gasteiger charge is -2.15. The van der Waals surface area contributed by atoms with Crippen LogP contribution in [0.5, 0.6) is 11.5 Å². The van der Waals surface area contributed by atoms with Crippen LogP contribution in [0.25, 0.3) is 0 Å². The molecular weight excluding hydrogens is 216 g/mol. The van der Waals surface area contributed by atoms with E-state index < -0.39 is 0 Å². The number of fused-ring (bicyclic) bond motifs is 1. The van der Waals surface area contributed by atoms with Crippen molar-refractivity contribution in [2.45, 2.75) is 32.6 Å². The molecule has 0 amide bonds. The summed E-state index contributed by atoms with van der Waals surface area (Å²) >= 11 is 0. The topological polar surface area (TPSA) is 38.7 Å². The lowest BCUT2D eigenvalue weighted by molar-refractivity contribution is 0.288. The number of aliphatic hydroxyl groups is 1. The molecule has 0 unspecified atom stereocenters. The Labute approximate surface area is 102 Å². The molecule has 0 spiro atoms. The molecule has 0 atom stereocenters. The van der Waals surface area contributed by atoms with Gasteiger partial charge in [-0.25, -0.2) is 0 Å². The zero-order valence-corrected chi connectivity index (χ0v) is 10.4. The van der Waals surface area contributed by atoms with Crippen LogP contribution in [0.2, 0.25) is 0 Å². The third-order valence-electron chi connectivity index (χ3n) is 3.07. The first kappa shape index (κ1) is 12.2. The van der Waals surface area contributed by atoms with Crippen LogP contribution >= 0.6 is 0 Å². The molecule has 0 bridgehead atoms. The summed E-state index contributed by atoms with van der Waals surface area (Å²) in [4.78, 5) is 0. The Hall–Kier alpha value is -1.22. The van der Waals surface area contributed by atoms with Gasteiger partial charge in [0.1, 0.15) is 0 Å². The van der Waals surface area contributed by atoms with Gasteiger partial charge in [0.15, 0.2) is 11.5 Å². The molecule has 1 heterocycles. The van der Waals surface area contributed by atoms with E-state index in [4.69, 9.17) is 14.6 Å². The van der Waals surface area contributed by atoms with Crippen LogP contribution in [0.3, 0.4) is 0 Å². The SMILES string of the molecule is CCc1c(CCCO)ccc2c1OCCCO2. The Morgan fingerprint density at radius 1 is 1.24 bits per heavy atom. The van der Waals surface area contributed by atoms with Gasteiger partial charge >= 0.3 is 0 Å². The number of hydrogen-bond donors (Lipinski definition) is 1. The van der Waals surface area contributed by atoms with Crippen molar-refractivity contribution in [2.24, 2.45) is 0 Å². The van der Waals surface area contributed by atoms with E-state index in [0.717, 1.165) is 50.4 Å². The van der Waals surface area contributed by atoms with Crippen LogP contribution in [0, 0.1) is 0 Å². The first-order valence-corrected chi connectivity index (χ1v) is 6.38. The van der Waals surface area contributed by atoms with Crippen molar-refractivity contribution in [1.82, 2.24) is 0 Å². The van der Waals surface area contributed by atoms with Crippen molar-refractivity contribution in [3.8, 4) is 11.5 Å². The summed E-state index contributed by atoms with van der Waals surface area (Å²) in [5.74, 6) is 1.78. The van der Waals surface area contributed by atoms with E-state index in [2.05, 4.69) is 13.0 Å². The fourth-order valence-corrected chi connectivity index (χ4v) is 2.23. The highest BCUT2D eigenvalue weighted by atomic mass is 16.5. The number of aryl methyl sites for hydroxylation is 1. The molecule has 1 N–H and O–H groups in total. The summed E-state index contributed by atoms with van der Waals surface area (Å²) in [5, 5.41) is 8.92. The lowest BCUT2D eigenvalue weighted by atomic mass is 9.99. The number of hydrogen-bond acceptors (Lipinski definition) is 3. The molecule has 1 aromatic rings. The summed E-state index contributed by atoms with van der Waals surface area (Å²) in [6, 6.07) is 4.09. The monoisotopic (exact) mass is 236 g/mol. The Bertz CT molecular complexity index is 374. The van der Waals surface area contributed by atoms with Gasteiger partial charge in [0.05, 0.1) is 13.2 Å². The Morgan fingerprint density at radius 2 is 2.06 bits per heavy atom. The maximum absolute atomic E-state index is 8.92. The van der Waals surface area contributed by atoms with Gasteiger partial charge in [0, 0.05) is 18.6 Å². The van der Waals surface area contributed by atoms with Gasteiger partial charge in [0.25, 0.3) is 0 Å². The Morgan fingerprint density at radius 3 is 2.82 bits per heavy atom. The van der Waals surface area contributed by atoms with Crippen LogP contribution in [0.15, 0.2) is 12.1 Å². The third-order valence-corrected chi connectivity index (χ3v) is 3.07. The first-order valence-electron chi connectivity index (χ1n) is 6.38. The van der Waals surface area contributed by atoms with Crippen molar-refractivity contribution in [3.05, 3.63) is 23.3 Å².